The van der Waals surface area contributed by atoms with Gasteiger partial charge in [-0.2, -0.15) is 0 Å². The van der Waals surface area contributed by atoms with Gasteiger partial charge in [-0.15, -0.1) is 21.5 Å². The van der Waals surface area contributed by atoms with Crippen LogP contribution < -0.4 is 5.32 Å². The number of anilines is 1. The largest absolute Gasteiger partial charge is 0.319 e. The number of amides is 1. The second-order valence-corrected chi connectivity index (χ2v) is 8.96. The number of aryl methyl sites for hydroxylation is 1. The first-order chi connectivity index (χ1) is 14.1. The Bertz CT molecular complexity index is 1060. The van der Waals surface area contributed by atoms with Gasteiger partial charge in [0.2, 0.25) is 5.82 Å². The Morgan fingerprint density at radius 2 is 2.10 bits per heavy atom. The summed E-state index contributed by atoms with van der Waals surface area (Å²) in [6, 6.07) is 8.04. The number of carbonyl (C=O) groups is 1. The molecule has 0 unspecified atom stereocenters. The van der Waals surface area contributed by atoms with E-state index in [1.807, 2.05) is 15.9 Å². The van der Waals surface area contributed by atoms with E-state index in [2.05, 4.69) is 38.8 Å². The van der Waals surface area contributed by atoms with Crippen molar-refractivity contribution in [3.05, 3.63) is 63.6 Å². The summed E-state index contributed by atoms with van der Waals surface area (Å²) in [4.78, 5) is 16.6. The highest BCUT2D eigenvalue weighted by Crippen LogP contribution is 2.34. The zero-order chi connectivity index (χ0) is 20.0. The average molecular weight is 412 g/mol. The van der Waals surface area contributed by atoms with Crippen LogP contribution in [0.5, 0.6) is 0 Å². The highest BCUT2D eigenvalue weighted by atomic mass is 32.1. The van der Waals surface area contributed by atoms with Gasteiger partial charge < -0.3 is 9.88 Å². The lowest BCUT2D eigenvalue weighted by Crippen LogP contribution is -2.31. The van der Waals surface area contributed by atoms with Crippen molar-refractivity contribution in [3.8, 4) is 0 Å². The van der Waals surface area contributed by atoms with Crippen LogP contribution in [0.4, 0.5) is 10.1 Å². The van der Waals surface area contributed by atoms with E-state index in [4.69, 9.17) is 0 Å². The average Bonchev–Trinajstić information content (AvgIpc) is 3.38. The van der Waals surface area contributed by atoms with Crippen LogP contribution >= 0.6 is 11.3 Å². The van der Waals surface area contributed by atoms with Gasteiger partial charge >= 0.3 is 0 Å². The number of benzene rings is 1. The topological polar surface area (TPSA) is 63.1 Å². The van der Waals surface area contributed by atoms with Gasteiger partial charge in [0.15, 0.2) is 0 Å². The second kappa shape index (κ2) is 7.35. The molecule has 2 aliphatic rings. The number of thiophene rings is 1. The van der Waals surface area contributed by atoms with Gasteiger partial charge in [-0.25, -0.2) is 4.39 Å². The van der Waals surface area contributed by atoms with E-state index >= 15 is 0 Å². The third-order valence-electron chi connectivity index (χ3n) is 5.96. The van der Waals surface area contributed by atoms with E-state index in [1.165, 1.54) is 22.6 Å². The first-order valence-electron chi connectivity index (χ1n) is 9.81. The maximum Gasteiger partial charge on any atom is 0.293 e. The Morgan fingerprint density at radius 3 is 2.90 bits per heavy atom. The summed E-state index contributed by atoms with van der Waals surface area (Å²) < 4.78 is 15.3. The molecule has 6 nitrogen and oxygen atoms in total. The van der Waals surface area contributed by atoms with Crippen LogP contribution in [-0.2, 0) is 19.5 Å². The molecule has 0 aliphatic carbocycles. The Morgan fingerprint density at radius 1 is 1.24 bits per heavy atom. The number of hydrogen-bond donors (Lipinski definition) is 1. The zero-order valence-corrected chi connectivity index (χ0v) is 17.0. The third kappa shape index (κ3) is 3.58. The number of aromatic nitrogens is 3. The molecule has 150 valence electrons. The van der Waals surface area contributed by atoms with Crippen molar-refractivity contribution in [3.63, 3.8) is 0 Å². The predicted molar refractivity (Wildman–Crippen MR) is 109 cm³/mol. The molecule has 1 aromatic carbocycles. The third-order valence-corrected chi connectivity index (χ3v) is 6.97. The molecule has 0 bridgehead atoms. The van der Waals surface area contributed by atoms with E-state index in [1.54, 1.807) is 12.1 Å². The number of halogens is 1. The van der Waals surface area contributed by atoms with Crippen molar-refractivity contribution in [2.24, 2.45) is 11.8 Å². The summed E-state index contributed by atoms with van der Waals surface area (Å²) >= 11 is 1.82. The molecule has 0 saturated carbocycles. The smallest absolute Gasteiger partial charge is 0.293 e. The van der Waals surface area contributed by atoms with E-state index in [0.717, 1.165) is 38.4 Å². The lowest BCUT2D eigenvalue weighted by atomic mass is 9.89. The summed E-state index contributed by atoms with van der Waals surface area (Å²) in [5, 5.41) is 13.3. The van der Waals surface area contributed by atoms with Gasteiger partial charge in [-0.05, 0) is 54.0 Å². The molecular formula is C21H22FN5OS. The predicted octanol–water partition coefficient (Wildman–Crippen LogP) is 3.34. The molecule has 2 aliphatic heterocycles. The number of nitrogens with one attached hydrogen (secondary N) is 1. The van der Waals surface area contributed by atoms with Crippen molar-refractivity contribution >= 4 is 22.9 Å². The molecule has 5 rings (SSSR count). The summed E-state index contributed by atoms with van der Waals surface area (Å²) in [6.07, 6.45) is 0.838. The Kier molecular flexibility index (Phi) is 4.67. The molecule has 2 aromatic heterocycles. The van der Waals surface area contributed by atoms with Crippen LogP contribution in [0.1, 0.15) is 26.9 Å². The summed E-state index contributed by atoms with van der Waals surface area (Å²) in [7, 11) is 0. The number of hydrogen-bond acceptors (Lipinski definition) is 5. The van der Waals surface area contributed by atoms with Gasteiger partial charge in [-0.1, -0.05) is 6.07 Å². The molecule has 8 heteroatoms. The summed E-state index contributed by atoms with van der Waals surface area (Å²) in [6.45, 7) is 5.98. The van der Waals surface area contributed by atoms with Crippen LogP contribution in [0.15, 0.2) is 35.7 Å². The molecule has 1 N–H and O–H groups in total. The quantitative estimate of drug-likeness (QED) is 0.715. The molecule has 29 heavy (non-hydrogen) atoms. The summed E-state index contributed by atoms with van der Waals surface area (Å²) in [5.41, 5.74) is 1.78. The number of nitrogens with zero attached hydrogens (tertiary/aromatic N) is 4. The van der Waals surface area contributed by atoms with E-state index < -0.39 is 0 Å². The van der Waals surface area contributed by atoms with Crippen LogP contribution in [0.2, 0.25) is 0 Å². The first-order valence-corrected chi connectivity index (χ1v) is 10.7. The minimum Gasteiger partial charge on any atom is -0.319 e. The molecule has 3 aromatic rings. The lowest BCUT2D eigenvalue weighted by Gasteiger charge is -2.25. The Hall–Kier alpha value is -2.58. The first kappa shape index (κ1) is 18.4. The standard InChI is InChI=1S/C21H22FN5OS/c1-13-5-6-29-18(13)12-26-9-14-7-19-24-25-20(27(19)11-15(14)10-26)21(28)23-17-4-2-3-16(22)8-17/h2-6,8,14-15H,7,9-12H2,1H3,(H,23,28)/t14-,15+/m0/s1. The van der Waals surface area contributed by atoms with Crippen LogP contribution in [-0.4, -0.2) is 38.7 Å². The van der Waals surface area contributed by atoms with Crippen molar-refractivity contribution in [2.45, 2.75) is 26.4 Å². The molecule has 2 atom stereocenters. The minimum absolute atomic E-state index is 0.301. The van der Waals surface area contributed by atoms with Gasteiger partial charge in [0.05, 0.1) is 0 Å². The molecular weight excluding hydrogens is 389 g/mol. The SMILES string of the molecule is Cc1ccsc1CN1C[C@@H]2Cn3c(nnc3C(=O)Nc3cccc(F)c3)C[C@H]2C1. The maximum absolute atomic E-state index is 13.4. The maximum atomic E-state index is 13.4. The number of fused-ring (bicyclic) bond motifs is 2. The van der Waals surface area contributed by atoms with Crippen LogP contribution in [0.3, 0.4) is 0 Å². The molecule has 4 heterocycles. The normalized spacial score (nSPS) is 21.0. The van der Waals surface area contributed by atoms with Crippen LogP contribution in [0.25, 0.3) is 0 Å². The highest BCUT2D eigenvalue weighted by molar-refractivity contribution is 7.10. The fraction of sp³-hybridized carbons (Fsp3) is 0.381. The molecule has 1 fully saturated rings. The van der Waals surface area contributed by atoms with E-state index in [0.29, 0.717) is 23.3 Å². The van der Waals surface area contributed by atoms with Gasteiger partial charge in [0.25, 0.3) is 5.91 Å². The molecule has 0 radical (unpaired) electrons. The number of likely N-dealkylation sites (tertiary alicyclic amines) is 1. The van der Waals surface area contributed by atoms with Gasteiger partial charge in [0.1, 0.15) is 11.6 Å². The second-order valence-electron chi connectivity index (χ2n) is 7.96. The van der Waals surface area contributed by atoms with Crippen LogP contribution in [0, 0.1) is 24.6 Å². The van der Waals surface area contributed by atoms with E-state index in [9.17, 15) is 9.18 Å². The summed E-state index contributed by atoms with van der Waals surface area (Å²) in [5.74, 6) is 1.46. The van der Waals surface area contributed by atoms with Gasteiger partial charge in [-0.3, -0.25) is 9.69 Å². The van der Waals surface area contributed by atoms with Crippen molar-refractivity contribution in [1.29, 1.82) is 0 Å². The highest BCUT2D eigenvalue weighted by Gasteiger charge is 2.39. The Balaban J connectivity index is 1.29. The van der Waals surface area contributed by atoms with E-state index in [-0.39, 0.29) is 11.7 Å². The molecule has 1 saturated heterocycles. The fourth-order valence-corrected chi connectivity index (χ4v) is 5.39. The number of rotatable bonds is 4. The number of carbonyl (C=O) groups excluding carboxylic acids is 1. The lowest BCUT2D eigenvalue weighted by molar-refractivity contribution is 0.100. The zero-order valence-electron chi connectivity index (χ0n) is 16.1. The van der Waals surface area contributed by atoms with Crippen molar-refractivity contribution in [1.82, 2.24) is 19.7 Å². The monoisotopic (exact) mass is 411 g/mol. The van der Waals surface area contributed by atoms with Crippen molar-refractivity contribution in [2.75, 3.05) is 18.4 Å². The molecule has 1 amide bonds. The van der Waals surface area contributed by atoms with Crippen molar-refractivity contribution < 1.29 is 9.18 Å². The van der Waals surface area contributed by atoms with Gasteiger partial charge in [0, 0.05) is 43.2 Å². The fourth-order valence-electron chi connectivity index (χ4n) is 4.44. The Labute approximate surface area is 172 Å². The molecule has 0 spiro atoms. The minimum atomic E-state index is -0.388.